The van der Waals surface area contributed by atoms with Gasteiger partial charge in [-0.05, 0) is 4.91 Å². The third-order valence-corrected chi connectivity index (χ3v) is 5.42. The van der Waals surface area contributed by atoms with Crippen LogP contribution in [0.25, 0.3) is 0 Å². The average molecular weight is 320 g/mol. The lowest BCUT2D eigenvalue weighted by Gasteiger charge is -2.33. The summed E-state index contributed by atoms with van der Waals surface area (Å²) in [4.78, 5) is 11.9. The van der Waals surface area contributed by atoms with Crippen LogP contribution in [-0.2, 0) is 10.2 Å². The Bertz CT molecular complexity index is 608. The molecule has 12 heteroatoms. The molecule has 118 valence electrons. The quantitative estimate of drug-likeness (QED) is 0.510. The van der Waals surface area contributed by atoms with Crippen molar-refractivity contribution in [1.29, 1.82) is 0 Å². The van der Waals surface area contributed by atoms with Gasteiger partial charge < -0.3 is 5.73 Å². The minimum Gasteiger partial charge on any atom is -0.360 e. The molecule has 1 fully saturated rings. The van der Waals surface area contributed by atoms with Crippen molar-refractivity contribution in [2.75, 3.05) is 50.5 Å². The second-order valence-corrected chi connectivity index (χ2v) is 6.55. The number of rotatable bonds is 5. The molecule has 2 rings (SSSR count). The van der Waals surface area contributed by atoms with Gasteiger partial charge in [0.2, 0.25) is 5.18 Å². The van der Waals surface area contributed by atoms with Crippen LogP contribution < -0.4 is 15.5 Å². The van der Waals surface area contributed by atoms with E-state index < -0.39 is 10.2 Å². The molecule has 0 aromatic carbocycles. The number of hydrogen-bond donors (Lipinski definition) is 1. The van der Waals surface area contributed by atoms with E-state index in [-0.39, 0.29) is 24.8 Å². The van der Waals surface area contributed by atoms with E-state index in [2.05, 4.69) is 10.4 Å². The molecule has 21 heavy (non-hydrogen) atoms. The van der Waals surface area contributed by atoms with Crippen molar-refractivity contribution < 1.29 is 17.7 Å². The van der Waals surface area contributed by atoms with Crippen molar-refractivity contribution in [3.8, 4) is 0 Å². The van der Waals surface area contributed by atoms with Gasteiger partial charge in [-0.25, -0.2) is 5.01 Å². The number of piperazine rings is 1. The summed E-state index contributed by atoms with van der Waals surface area (Å²) in [5.74, 6) is -0.303. The van der Waals surface area contributed by atoms with E-state index in [1.165, 1.54) is 15.7 Å². The first-order valence-electron chi connectivity index (χ1n) is 6.39. The fourth-order valence-corrected chi connectivity index (χ4v) is 3.33. The molecule has 1 aromatic heterocycles. The molecule has 0 unspecified atom stereocenters. The molecular weight excluding hydrogens is 302 g/mol. The highest BCUT2D eigenvalue weighted by molar-refractivity contribution is 7.86. The summed E-state index contributed by atoms with van der Waals surface area (Å²) < 4.78 is 31.7. The number of nitrogens with two attached hydrogens (primary N) is 1. The Morgan fingerprint density at radius 1 is 1.43 bits per heavy atom. The van der Waals surface area contributed by atoms with Gasteiger partial charge in [0.05, 0.1) is 13.1 Å². The molecule has 0 radical (unpaired) electrons. The zero-order valence-corrected chi connectivity index (χ0v) is 12.7. The highest BCUT2D eigenvalue weighted by Gasteiger charge is 2.35. The fourth-order valence-electron chi connectivity index (χ4n) is 1.99. The summed E-state index contributed by atoms with van der Waals surface area (Å²) in [6.07, 6.45) is 0. The Balaban J connectivity index is 2.08. The monoisotopic (exact) mass is 320 g/mol. The van der Waals surface area contributed by atoms with Crippen LogP contribution in [0.15, 0.2) is 9.70 Å². The van der Waals surface area contributed by atoms with Crippen molar-refractivity contribution in [1.82, 2.24) is 13.9 Å². The number of nitroso groups, excluding NO2 is 1. The zero-order valence-electron chi connectivity index (χ0n) is 11.8. The fraction of sp³-hybridized carbons (Fsp3) is 0.778. The molecule has 0 amide bonds. The lowest BCUT2D eigenvalue weighted by molar-refractivity contribution is -0.747. The topological polar surface area (TPSA) is 129 Å². The Morgan fingerprint density at radius 3 is 2.57 bits per heavy atom. The first-order valence-corrected chi connectivity index (χ1v) is 7.79. The van der Waals surface area contributed by atoms with Crippen LogP contribution in [0.3, 0.4) is 0 Å². The van der Waals surface area contributed by atoms with E-state index in [1.54, 1.807) is 11.9 Å². The van der Waals surface area contributed by atoms with Crippen LogP contribution in [-0.4, -0.2) is 62.1 Å². The number of aromatic nitrogens is 2. The zero-order chi connectivity index (χ0) is 15.6. The van der Waals surface area contributed by atoms with Gasteiger partial charge in [-0.15, -0.1) is 0 Å². The van der Waals surface area contributed by atoms with Crippen molar-refractivity contribution in [2.45, 2.75) is 6.92 Å². The van der Waals surface area contributed by atoms with Gasteiger partial charge in [0.15, 0.2) is 0 Å². The highest BCUT2D eigenvalue weighted by atomic mass is 32.2. The Labute approximate surface area is 122 Å². The van der Waals surface area contributed by atoms with Crippen molar-refractivity contribution >= 4 is 21.9 Å². The molecule has 1 aliphatic rings. The molecule has 0 saturated carbocycles. The maximum absolute atomic E-state index is 12.2. The summed E-state index contributed by atoms with van der Waals surface area (Å²) in [6.45, 7) is 3.39. The number of nitrogen functional groups attached to an aromatic ring is 1. The van der Waals surface area contributed by atoms with Gasteiger partial charge in [0.1, 0.15) is 5.27 Å². The minimum absolute atomic E-state index is 0.128. The lowest BCUT2D eigenvalue weighted by atomic mass is 10.4. The molecular formula is C9H18N7O4S+. The van der Waals surface area contributed by atoms with E-state index in [4.69, 9.17) is 10.3 Å². The van der Waals surface area contributed by atoms with Gasteiger partial charge in [-0.2, -0.15) is 17.0 Å². The van der Waals surface area contributed by atoms with Crippen LogP contribution in [0.4, 0.5) is 11.7 Å². The molecule has 0 spiro atoms. The van der Waals surface area contributed by atoms with Crippen LogP contribution in [0, 0.1) is 4.91 Å². The van der Waals surface area contributed by atoms with Crippen LogP contribution in [0.2, 0.25) is 0 Å². The smallest absolute Gasteiger partial charge is 0.360 e. The molecule has 1 aromatic rings. The predicted molar refractivity (Wildman–Crippen MR) is 73.3 cm³/mol. The third kappa shape index (κ3) is 2.82. The van der Waals surface area contributed by atoms with E-state index >= 15 is 0 Å². The second kappa shape index (κ2) is 5.91. The number of nitrogens with zero attached hydrogens (tertiary/aromatic N) is 6. The molecule has 1 aliphatic heterocycles. The van der Waals surface area contributed by atoms with Crippen LogP contribution in [0.1, 0.15) is 6.92 Å². The molecule has 0 bridgehead atoms. The molecule has 2 N–H and O–H groups in total. The average Bonchev–Trinajstić information content (AvgIpc) is 2.87. The van der Waals surface area contributed by atoms with Gasteiger partial charge >= 0.3 is 11.7 Å². The first kappa shape index (κ1) is 15.6. The highest BCUT2D eigenvalue weighted by Crippen LogP contribution is 2.15. The largest absolute Gasteiger partial charge is 0.484 e. The molecule has 0 aliphatic carbocycles. The van der Waals surface area contributed by atoms with Crippen molar-refractivity contribution in [2.24, 2.45) is 5.18 Å². The Hall–Kier alpha value is -1.79. The number of hydrogen-bond acceptors (Lipinski definition) is 8. The van der Waals surface area contributed by atoms with Crippen molar-refractivity contribution in [3.63, 3.8) is 0 Å². The third-order valence-electron chi connectivity index (χ3n) is 3.36. The van der Waals surface area contributed by atoms with E-state index in [1.807, 2.05) is 0 Å². The SMILES string of the molecule is CCN(C)S(=O)(=O)N1CCN([n+]2noc(N)c2N=O)CC1. The van der Waals surface area contributed by atoms with Gasteiger partial charge in [0, 0.05) is 31.5 Å². The Morgan fingerprint density at radius 2 is 2.05 bits per heavy atom. The number of anilines is 1. The molecule has 2 heterocycles. The van der Waals surface area contributed by atoms with Crippen LogP contribution >= 0.6 is 0 Å². The minimum atomic E-state index is -3.45. The van der Waals surface area contributed by atoms with Gasteiger partial charge in [-0.1, -0.05) is 6.92 Å². The standard InChI is InChI=1S/C9H17N7O4S/c1-3-13(2)21(18,19)15-6-4-14(5-7-15)16-9(11-17)8(10)20-12-16/h3-7H2,1-2H3,(H-,10,12,17)/p+1. The summed E-state index contributed by atoms with van der Waals surface area (Å²) in [5, 5.41) is 8.03. The van der Waals surface area contributed by atoms with E-state index in [0.717, 1.165) is 4.79 Å². The maximum atomic E-state index is 12.2. The first-order chi connectivity index (χ1) is 9.91. The normalized spacial score (nSPS) is 17.4. The van der Waals surface area contributed by atoms with E-state index in [0.29, 0.717) is 19.6 Å². The maximum Gasteiger partial charge on any atom is 0.484 e. The van der Waals surface area contributed by atoms with E-state index in [9.17, 15) is 13.3 Å². The van der Waals surface area contributed by atoms with Gasteiger partial charge in [0.25, 0.3) is 10.2 Å². The summed E-state index contributed by atoms with van der Waals surface area (Å²) in [7, 11) is -1.92. The second-order valence-electron chi connectivity index (χ2n) is 4.52. The summed E-state index contributed by atoms with van der Waals surface area (Å²) in [5.41, 5.74) is 5.43. The summed E-state index contributed by atoms with van der Waals surface area (Å²) >= 11 is 0. The van der Waals surface area contributed by atoms with Crippen molar-refractivity contribution in [3.05, 3.63) is 4.91 Å². The predicted octanol–water partition coefficient (Wildman–Crippen LogP) is -1.61. The molecule has 1 saturated heterocycles. The van der Waals surface area contributed by atoms with Gasteiger partial charge in [-0.3, -0.25) is 4.52 Å². The summed E-state index contributed by atoms with van der Waals surface area (Å²) in [6, 6.07) is 0. The lowest BCUT2D eigenvalue weighted by Crippen LogP contribution is -2.66. The molecule has 11 nitrogen and oxygen atoms in total. The Kier molecular flexibility index (Phi) is 4.39. The van der Waals surface area contributed by atoms with Crippen LogP contribution in [0.5, 0.6) is 0 Å². The molecule has 0 atom stereocenters.